The van der Waals surface area contributed by atoms with Crippen molar-refractivity contribution in [1.29, 1.82) is 0 Å². The first-order chi connectivity index (χ1) is 7.72. The minimum Gasteiger partial charge on any atom is -0.351 e. The highest BCUT2D eigenvalue weighted by Crippen LogP contribution is 2.12. The molecule has 0 atom stereocenters. The summed E-state index contributed by atoms with van der Waals surface area (Å²) in [5.74, 6) is 0.420. The molecular weight excluding hydrogens is 292 g/mol. The van der Waals surface area contributed by atoms with E-state index in [1.165, 1.54) is 6.20 Å². The quantitative estimate of drug-likeness (QED) is 0.836. The fraction of sp³-hybridized carbons (Fsp3) is 0.222. The number of carbonyl (C=O) groups is 1. The molecule has 0 fully saturated rings. The Hall–Kier alpha value is -1.08. The van der Waals surface area contributed by atoms with Crippen molar-refractivity contribution in [3.05, 3.63) is 28.6 Å². The van der Waals surface area contributed by atoms with Crippen molar-refractivity contribution >= 4 is 40.1 Å². The number of amides is 1. The second-order valence-electron chi connectivity index (χ2n) is 3.08. The van der Waals surface area contributed by atoms with Gasteiger partial charge in [0.2, 0.25) is 0 Å². The van der Waals surface area contributed by atoms with Crippen LogP contribution in [0.5, 0.6) is 0 Å². The van der Waals surface area contributed by atoms with E-state index in [9.17, 15) is 4.79 Å². The number of rotatable bonds is 3. The summed E-state index contributed by atoms with van der Waals surface area (Å²) in [5.41, 5.74) is 1.01. The Morgan fingerprint density at radius 3 is 3.12 bits per heavy atom. The average molecular weight is 301 g/mol. The molecule has 7 heteroatoms. The van der Waals surface area contributed by atoms with Gasteiger partial charge in [-0.3, -0.25) is 4.79 Å². The molecule has 0 aromatic carbocycles. The molecule has 2 aromatic rings. The van der Waals surface area contributed by atoms with Crippen molar-refractivity contribution in [2.45, 2.75) is 0 Å². The lowest BCUT2D eigenvalue weighted by Crippen LogP contribution is -2.25. The van der Waals surface area contributed by atoms with Gasteiger partial charge in [0.05, 0.1) is 10.7 Å². The van der Waals surface area contributed by atoms with E-state index in [0.29, 0.717) is 23.5 Å². The lowest BCUT2D eigenvalue weighted by molar-refractivity contribution is 0.0957. The highest BCUT2D eigenvalue weighted by Gasteiger charge is 2.12. The van der Waals surface area contributed by atoms with E-state index in [1.54, 1.807) is 16.9 Å². The monoisotopic (exact) mass is 300 g/mol. The van der Waals surface area contributed by atoms with Crippen molar-refractivity contribution in [2.75, 3.05) is 12.3 Å². The molecule has 0 bridgehead atoms. The Balaban J connectivity index is 2.34. The Morgan fingerprint density at radius 2 is 2.38 bits per heavy atom. The molecule has 1 amide bonds. The number of fused-ring (bicyclic) bond motifs is 1. The van der Waals surface area contributed by atoms with E-state index in [1.807, 2.05) is 0 Å². The number of hydrogen-bond donors (Lipinski definition) is 2. The van der Waals surface area contributed by atoms with Gasteiger partial charge in [0.25, 0.3) is 5.91 Å². The van der Waals surface area contributed by atoms with Crippen LogP contribution in [0.2, 0.25) is 0 Å². The Bertz CT molecular complexity index is 527. The number of thiol groups is 1. The van der Waals surface area contributed by atoms with E-state index in [2.05, 4.69) is 44.0 Å². The lowest BCUT2D eigenvalue weighted by Gasteiger charge is -2.00. The van der Waals surface area contributed by atoms with Crippen LogP contribution in [-0.4, -0.2) is 32.8 Å². The molecule has 0 radical (unpaired) electrons. The van der Waals surface area contributed by atoms with Gasteiger partial charge >= 0.3 is 0 Å². The summed E-state index contributed by atoms with van der Waals surface area (Å²) in [6.45, 7) is 0.524. The maximum Gasteiger partial charge on any atom is 0.256 e. The summed E-state index contributed by atoms with van der Waals surface area (Å²) in [5, 5.41) is 6.77. The Kier molecular flexibility index (Phi) is 3.45. The number of nitrogens with zero attached hydrogens (tertiary/aromatic N) is 3. The number of carbonyl (C=O) groups excluding carboxylic acids is 1. The third kappa shape index (κ3) is 2.19. The summed E-state index contributed by atoms with van der Waals surface area (Å²) in [7, 11) is 0. The zero-order valence-electron chi connectivity index (χ0n) is 8.22. The smallest absolute Gasteiger partial charge is 0.256 e. The van der Waals surface area contributed by atoms with Gasteiger partial charge in [-0.05, 0) is 15.9 Å². The van der Waals surface area contributed by atoms with Gasteiger partial charge < -0.3 is 5.32 Å². The number of halogens is 1. The van der Waals surface area contributed by atoms with Crippen LogP contribution >= 0.6 is 28.6 Å². The van der Waals surface area contributed by atoms with Gasteiger partial charge in [-0.15, -0.1) is 0 Å². The van der Waals surface area contributed by atoms with Gasteiger partial charge in [0, 0.05) is 24.7 Å². The summed E-state index contributed by atoms with van der Waals surface area (Å²) in [4.78, 5) is 15.9. The minimum atomic E-state index is -0.182. The molecule has 0 unspecified atom stereocenters. The highest BCUT2D eigenvalue weighted by atomic mass is 79.9. The zero-order valence-corrected chi connectivity index (χ0v) is 10.7. The topological polar surface area (TPSA) is 59.3 Å². The normalized spacial score (nSPS) is 10.6. The second kappa shape index (κ2) is 4.84. The molecule has 2 heterocycles. The molecule has 5 nitrogen and oxygen atoms in total. The molecule has 1 N–H and O–H groups in total. The van der Waals surface area contributed by atoms with Crippen LogP contribution in [0.1, 0.15) is 10.4 Å². The molecule has 0 saturated carbocycles. The van der Waals surface area contributed by atoms with Crippen molar-refractivity contribution in [3.63, 3.8) is 0 Å². The minimum absolute atomic E-state index is 0.182. The molecule has 0 aliphatic rings. The van der Waals surface area contributed by atoms with Crippen LogP contribution in [0.25, 0.3) is 5.65 Å². The molecule has 84 valence electrons. The van der Waals surface area contributed by atoms with Crippen molar-refractivity contribution in [1.82, 2.24) is 19.9 Å². The molecule has 2 rings (SSSR count). The fourth-order valence-corrected chi connectivity index (χ4v) is 1.68. The molecule has 0 aliphatic heterocycles. The Labute approximate surface area is 106 Å². The molecular formula is C9H9BrN4OS. The summed E-state index contributed by atoms with van der Waals surface area (Å²) < 4.78 is 2.37. The third-order valence-corrected chi connectivity index (χ3v) is 2.60. The largest absolute Gasteiger partial charge is 0.351 e. The number of aromatic nitrogens is 3. The van der Waals surface area contributed by atoms with E-state index in [4.69, 9.17) is 0 Å². The predicted octanol–water partition coefficient (Wildman–Crippen LogP) is 1.15. The highest BCUT2D eigenvalue weighted by molar-refractivity contribution is 9.10. The number of hydrogen-bond acceptors (Lipinski definition) is 4. The predicted molar refractivity (Wildman–Crippen MR) is 66.9 cm³/mol. The van der Waals surface area contributed by atoms with Gasteiger partial charge in [0.1, 0.15) is 5.56 Å². The summed E-state index contributed by atoms with van der Waals surface area (Å²) in [6.07, 6.45) is 4.88. The van der Waals surface area contributed by atoms with Crippen LogP contribution < -0.4 is 5.32 Å². The lowest BCUT2D eigenvalue weighted by atomic mass is 10.3. The Morgan fingerprint density at radius 1 is 1.56 bits per heavy atom. The molecule has 0 aliphatic carbocycles. The summed E-state index contributed by atoms with van der Waals surface area (Å²) >= 11 is 7.31. The van der Waals surface area contributed by atoms with Gasteiger partial charge in [-0.25, -0.2) is 9.50 Å². The van der Waals surface area contributed by atoms with E-state index in [-0.39, 0.29) is 5.91 Å². The number of nitrogens with one attached hydrogen (secondary N) is 1. The van der Waals surface area contributed by atoms with Gasteiger partial charge in [-0.2, -0.15) is 17.7 Å². The SMILES string of the molecule is O=C(NCCS)c1cnn2cc(Br)cnc12. The maximum atomic E-state index is 11.7. The zero-order chi connectivity index (χ0) is 11.5. The van der Waals surface area contributed by atoms with E-state index < -0.39 is 0 Å². The first-order valence-electron chi connectivity index (χ1n) is 4.60. The molecule has 0 spiro atoms. The van der Waals surface area contributed by atoms with Crippen LogP contribution in [-0.2, 0) is 0 Å². The molecule has 16 heavy (non-hydrogen) atoms. The first-order valence-corrected chi connectivity index (χ1v) is 6.03. The van der Waals surface area contributed by atoms with Crippen LogP contribution in [0.3, 0.4) is 0 Å². The molecule has 0 saturated heterocycles. The second-order valence-corrected chi connectivity index (χ2v) is 4.44. The van der Waals surface area contributed by atoms with Crippen molar-refractivity contribution < 1.29 is 4.79 Å². The van der Waals surface area contributed by atoms with E-state index >= 15 is 0 Å². The van der Waals surface area contributed by atoms with Crippen LogP contribution in [0.15, 0.2) is 23.1 Å². The van der Waals surface area contributed by atoms with Crippen LogP contribution in [0.4, 0.5) is 0 Å². The van der Waals surface area contributed by atoms with Gasteiger partial charge in [0.15, 0.2) is 5.65 Å². The van der Waals surface area contributed by atoms with Crippen molar-refractivity contribution in [2.24, 2.45) is 0 Å². The van der Waals surface area contributed by atoms with Crippen molar-refractivity contribution in [3.8, 4) is 0 Å². The molecule has 2 aromatic heterocycles. The standard InChI is InChI=1S/C9H9BrN4OS/c10-6-3-12-8-7(4-13-14(8)5-6)9(15)11-1-2-16/h3-5,16H,1-2H2,(H,11,15). The first kappa shape index (κ1) is 11.4. The maximum absolute atomic E-state index is 11.7. The van der Waals surface area contributed by atoms with E-state index in [0.717, 1.165) is 4.47 Å². The fourth-order valence-electron chi connectivity index (χ4n) is 1.28. The average Bonchev–Trinajstić information content (AvgIpc) is 2.68. The third-order valence-electron chi connectivity index (χ3n) is 1.97. The van der Waals surface area contributed by atoms with Crippen LogP contribution in [0, 0.1) is 0 Å². The van der Waals surface area contributed by atoms with Gasteiger partial charge in [-0.1, -0.05) is 0 Å². The summed E-state index contributed by atoms with van der Waals surface area (Å²) in [6, 6.07) is 0.